The number of benzene rings is 3. The standard InChI is InChI=1S/C31H30BrClN4O4/c1-6-7-20-14-19(15-26(40-5)28(20)41-18-27(38)35-23-11-9-22(33)10-12-23)17-34-37-29(39)24-16-21(32)8-13-25(24)36-30(37)31(2,3)4/h6,8-17H,1,7,18H2,2-5H3,(H,35,38). The maximum absolute atomic E-state index is 13.5. The van der Waals surface area contributed by atoms with Gasteiger partial charge in [-0.1, -0.05) is 54.4 Å². The Morgan fingerprint density at radius 3 is 2.56 bits per heavy atom. The smallest absolute Gasteiger partial charge is 0.282 e. The Hall–Kier alpha value is -3.95. The second kappa shape index (κ2) is 12.7. The highest BCUT2D eigenvalue weighted by Gasteiger charge is 2.23. The predicted molar refractivity (Wildman–Crippen MR) is 168 cm³/mol. The van der Waals surface area contributed by atoms with Crippen LogP contribution in [0.25, 0.3) is 10.9 Å². The van der Waals surface area contributed by atoms with Crippen molar-refractivity contribution in [1.29, 1.82) is 0 Å². The zero-order valence-electron chi connectivity index (χ0n) is 23.2. The summed E-state index contributed by atoms with van der Waals surface area (Å²) in [5.41, 5.74) is 1.89. The second-order valence-electron chi connectivity index (χ2n) is 10.3. The maximum Gasteiger partial charge on any atom is 0.282 e. The van der Waals surface area contributed by atoms with Gasteiger partial charge in [0.05, 0.1) is 24.2 Å². The van der Waals surface area contributed by atoms with E-state index >= 15 is 0 Å². The Balaban J connectivity index is 1.67. The number of allylic oxidation sites excluding steroid dienone is 1. The van der Waals surface area contributed by atoms with Gasteiger partial charge in [0.25, 0.3) is 11.5 Å². The van der Waals surface area contributed by atoms with Crippen LogP contribution in [0.15, 0.2) is 81.6 Å². The highest BCUT2D eigenvalue weighted by Crippen LogP contribution is 2.33. The molecule has 0 spiro atoms. The van der Waals surface area contributed by atoms with E-state index in [0.29, 0.717) is 50.9 Å². The minimum atomic E-state index is -0.451. The van der Waals surface area contributed by atoms with Gasteiger partial charge in [-0.3, -0.25) is 9.59 Å². The van der Waals surface area contributed by atoms with Crippen LogP contribution in [0.5, 0.6) is 11.5 Å². The van der Waals surface area contributed by atoms with Gasteiger partial charge in [0, 0.05) is 26.2 Å². The number of anilines is 1. The summed E-state index contributed by atoms with van der Waals surface area (Å²) in [6, 6.07) is 15.8. The molecule has 0 aliphatic heterocycles. The number of methoxy groups -OCH3 is 1. The number of hydrogen-bond donors (Lipinski definition) is 1. The summed E-state index contributed by atoms with van der Waals surface area (Å²) in [5.74, 6) is 1.02. The van der Waals surface area contributed by atoms with Gasteiger partial charge < -0.3 is 14.8 Å². The Morgan fingerprint density at radius 2 is 1.90 bits per heavy atom. The van der Waals surface area contributed by atoms with Gasteiger partial charge in [0.1, 0.15) is 5.82 Å². The van der Waals surface area contributed by atoms with Crippen molar-refractivity contribution in [2.45, 2.75) is 32.6 Å². The van der Waals surface area contributed by atoms with Crippen LogP contribution in [0, 0.1) is 0 Å². The third-order valence-corrected chi connectivity index (χ3v) is 6.76. The molecule has 41 heavy (non-hydrogen) atoms. The number of halogens is 2. The van der Waals surface area contributed by atoms with Crippen LogP contribution < -0.4 is 20.3 Å². The molecule has 0 saturated carbocycles. The molecule has 0 aliphatic rings. The fourth-order valence-electron chi connectivity index (χ4n) is 4.11. The molecule has 0 radical (unpaired) electrons. The summed E-state index contributed by atoms with van der Waals surface area (Å²) in [5, 5.41) is 8.36. The highest BCUT2D eigenvalue weighted by atomic mass is 79.9. The lowest BCUT2D eigenvalue weighted by molar-refractivity contribution is -0.118. The van der Waals surface area contributed by atoms with Crippen LogP contribution in [-0.2, 0) is 16.6 Å². The highest BCUT2D eigenvalue weighted by molar-refractivity contribution is 9.10. The van der Waals surface area contributed by atoms with Crippen LogP contribution in [-0.4, -0.2) is 35.5 Å². The van der Waals surface area contributed by atoms with E-state index in [1.165, 1.54) is 11.8 Å². The van der Waals surface area contributed by atoms with Crippen molar-refractivity contribution in [3.63, 3.8) is 0 Å². The number of fused-ring (bicyclic) bond motifs is 1. The van der Waals surface area contributed by atoms with E-state index in [4.69, 9.17) is 26.1 Å². The van der Waals surface area contributed by atoms with E-state index < -0.39 is 5.41 Å². The molecule has 3 aromatic carbocycles. The zero-order valence-corrected chi connectivity index (χ0v) is 25.5. The van der Waals surface area contributed by atoms with E-state index in [1.807, 2.05) is 39.0 Å². The Labute approximate surface area is 251 Å². The average molecular weight is 638 g/mol. The number of carbonyl (C=O) groups is 1. The summed E-state index contributed by atoms with van der Waals surface area (Å²) in [4.78, 5) is 30.8. The van der Waals surface area contributed by atoms with Crippen molar-refractivity contribution in [2.24, 2.45) is 5.10 Å². The first-order valence-corrected chi connectivity index (χ1v) is 13.9. The van der Waals surface area contributed by atoms with E-state index in [1.54, 1.807) is 48.7 Å². The third-order valence-electron chi connectivity index (χ3n) is 6.02. The largest absolute Gasteiger partial charge is 0.493 e. The van der Waals surface area contributed by atoms with Gasteiger partial charge in [-0.05, 0) is 66.6 Å². The van der Waals surface area contributed by atoms with Crippen molar-refractivity contribution in [1.82, 2.24) is 9.66 Å². The van der Waals surface area contributed by atoms with Gasteiger partial charge in [0.2, 0.25) is 0 Å². The molecule has 0 aliphatic carbocycles. The van der Waals surface area contributed by atoms with Crippen LogP contribution in [0.2, 0.25) is 5.02 Å². The number of nitrogens with zero attached hydrogens (tertiary/aromatic N) is 3. The first kappa shape index (κ1) is 30.0. The number of rotatable bonds is 9. The quantitative estimate of drug-likeness (QED) is 0.162. The fourth-order valence-corrected chi connectivity index (χ4v) is 4.60. The van der Waals surface area contributed by atoms with Gasteiger partial charge in [0.15, 0.2) is 18.1 Å². The van der Waals surface area contributed by atoms with Crippen LogP contribution in [0.3, 0.4) is 0 Å². The van der Waals surface area contributed by atoms with Crippen LogP contribution >= 0.6 is 27.5 Å². The van der Waals surface area contributed by atoms with Crippen molar-refractivity contribution in [2.75, 3.05) is 19.0 Å². The molecule has 1 aromatic heterocycles. The zero-order chi connectivity index (χ0) is 29.7. The number of carbonyl (C=O) groups excluding carboxylic acids is 1. The van der Waals surface area contributed by atoms with Crippen LogP contribution in [0.4, 0.5) is 5.69 Å². The molecular formula is C31H30BrClN4O4. The molecule has 10 heteroatoms. The van der Waals surface area contributed by atoms with Crippen molar-refractivity contribution in [3.05, 3.63) is 104 Å². The van der Waals surface area contributed by atoms with E-state index in [9.17, 15) is 9.59 Å². The van der Waals surface area contributed by atoms with E-state index in [-0.39, 0.29) is 18.1 Å². The van der Waals surface area contributed by atoms with Crippen molar-refractivity contribution < 1.29 is 14.3 Å². The summed E-state index contributed by atoms with van der Waals surface area (Å²) < 4.78 is 13.6. The summed E-state index contributed by atoms with van der Waals surface area (Å²) in [6.45, 7) is 9.54. The first-order valence-electron chi connectivity index (χ1n) is 12.8. The Kier molecular flexibility index (Phi) is 9.30. The van der Waals surface area contributed by atoms with Gasteiger partial charge in [-0.2, -0.15) is 9.78 Å². The summed E-state index contributed by atoms with van der Waals surface area (Å²) in [7, 11) is 1.52. The molecule has 4 rings (SSSR count). The molecule has 0 bridgehead atoms. The Bertz CT molecular complexity index is 1690. The van der Waals surface area contributed by atoms with E-state index in [0.717, 1.165) is 10.0 Å². The van der Waals surface area contributed by atoms with Crippen molar-refractivity contribution in [3.8, 4) is 11.5 Å². The van der Waals surface area contributed by atoms with Gasteiger partial charge >= 0.3 is 0 Å². The molecule has 1 N–H and O–H groups in total. The minimum absolute atomic E-state index is 0.237. The molecule has 0 atom stereocenters. The number of nitrogens with one attached hydrogen (secondary N) is 1. The lowest BCUT2D eigenvalue weighted by Gasteiger charge is -2.21. The summed E-state index contributed by atoms with van der Waals surface area (Å²) >= 11 is 9.35. The van der Waals surface area contributed by atoms with E-state index in [2.05, 4.69) is 32.9 Å². The lowest BCUT2D eigenvalue weighted by atomic mass is 9.95. The normalized spacial score (nSPS) is 11.6. The van der Waals surface area contributed by atoms with Gasteiger partial charge in [-0.25, -0.2) is 4.98 Å². The fraction of sp³-hybridized carbons (Fsp3) is 0.226. The Morgan fingerprint density at radius 1 is 1.17 bits per heavy atom. The summed E-state index contributed by atoms with van der Waals surface area (Å²) in [6.07, 6.45) is 3.75. The molecule has 0 saturated heterocycles. The first-order chi connectivity index (χ1) is 19.5. The minimum Gasteiger partial charge on any atom is -0.493 e. The lowest BCUT2D eigenvalue weighted by Crippen LogP contribution is -2.29. The molecule has 1 heterocycles. The van der Waals surface area contributed by atoms with Crippen molar-refractivity contribution >= 4 is 56.2 Å². The molecule has 212 valence electrons. The number of ether oxygens (including phenoxy) is 2. The maximum atomic E-state index is 13.5. The number of hydrogen-bond acceptors (Lipinski definition) is 6. The predicted octanol–water partition coefficient (Wildman–Crippen LogP) is 6.75. The molecule has 4 aromatic rings. The molecule has 0 fully saturated rings. The molecular weight excluding hydrogens is 608 g/mol. The third kappa shape index (κ3) is 7.23. The van der Waals surface area contributed by atoms with Gasteiger partial charge in [-0.15, -0.1) is 6.58 Å². The topological polar surface area (TPSA) is 94.8 Å². The monoisotopic (exact) mass is 636 g/mol. The average Bonchev–Trinajstić information content (AvgIpc) is 2.92. The SMILES string of the molecule is C=CCc1cc(C=Nn2c(C(C)(C)C)nc3ccc(Br)cc3c2=O)cc(OC)c1OCC(=O)Nc1ccc(Cl)cc1. The second-order valence-corrected chi connectivity index (χ2v) is 11.6. The molecule has 8 nitrogen and oxygen atoms in total. The number of amides is 1. The van der Waals surface area contributed by atoms with Crippen LogP contribution in [0.1, 0.15) is 37.7 Å². The molecule has 0 unspecified atom stereocenters. The molecule has 1 amide bonds. The number of aromatic nitrogens is 2.